The summed E-state index contributed by atoms with van der Waals surface area (Å²) in [7, 11) is 0. The zero-order valence-electron chi connectivity index (χ0n) is 13.8. The summed E-state index contributed by atoms with van der Waals surface area (Å²) in [6.45, 7) is 3.73. The lowest BCUT2D eigenvalue weighted by Crippen LogP contribution is -2.28. The first-order valence-corrected chi connectivity index (χ1v) is 7.72. The lowest BCUT2D eigenvalue weighted by atomic mass is 10.1. The van der Waals surface area contributed by atoms with Crippen LogP contribution in [0.2, 0.25) is 0 Å². The normalized spacial score (nSPS) is 10.7. The Morgan fingerprint density at radius 2 is 1.96 bits per heavy atom. The molecule has 0 saturated heterocycles. The number of nitrogens with one attached hydrogen (secondary N) is 3. The zero-order valence-corrected chi connectivity index (χ0v) is 13.8. The Morgan fingerprint density at radius 1 is 1.24 bits per heavy atom. The fraction of sp³-hybridized carbons (Fsp3) is 0.167. The summed E-state index contributed by atoms with van der Waals surface area (Å²) >= 11 is 0. The number of aryl methyl sites for hydroxylation is 2. The van der Waals surface area contributed by atoms with Gasteiger partial charge in [-0.15, -0.1) is 0 Å². The number of benzene rings is 1. The minimum absolute atomic E-state index is 0.105. The summed E-state index contributed by atoms with van der Waals surface area (Å²) in [5.74, 6) is -0.726. The molecule has 6 nitrogen and oxygen atoms in total. The fourth-order valence-corrected chi connectivity index (χ4v) is 2.66. The molecule has 0 aliphatic heterocycles. The average Bonchev–Trinajstić information content (AvgIpc) is 3.04. The van der Waals surface area contributed by atoms with E-state index in [0.717, 1.165) is 11.3 Å². The fourth-order valence-electron chi connectivity index (χ4n) is 2.66. The van der Waals surface area contributed by atoms with E-state index in [-0.39, 0.29) is 23.8 Å². The van der Waals surface area contributed by atoms with Gasteiger partial charge in [-0.05, 0) is 49.7 Å². The molecule has 0 spiro atoms. The molecule has 0 aliphatic carbocycles. The van der Waals surface area contributed by atoms with Crippen molar-refractivity contribution < 1.29 is 9.18 Å². The van der Waals surface area contributed by atoms with Crippen LogP contribution in [0.1, 0.15) is 27.2 Å². The highest BCUT2D eigenvalue weighted by Gasteiger charge is 2.16. The minimum atomic E-state index is -0.368. The van der Waals surface area contributed by atoms with Crippen LogP contribution in [0.4, 0.5) is 4.39 Å². The number of H-pyrrole nitrogens is 2. The maximum absolute atomic E-state index is 13.1. The van der Waals surface area contributed by atoms with Crippen LogP contribution in [0.5, 0.6) is 0 Å². The van der Waals surface area contributed by atoms with Gasteiger partial charge in [0.1, 0.15) is 5.82 Å². The van der Waals surface area contributed by atoms with Gasteiger partial charge in [0.15, 0.2) is 0 Å². The Balaban J connectivity index is 1.81. The molecule has 7 heteroatoms. The zero-order chi connectivity index (χ0) is 18.0. The summed E-state index contributed by atoms with van der Waals surface area (Å²) < 4.78 is 13.1. The number of pyridine rings is 1. The van der Waals surface area contributed by atoms with Crippen molar-refractivity contribution in [3.05, 3.63) is 75.1 Å². The van der Waals surface area contributed by atoms with E-state index < -0.39 is 0 Å². The van der Waals surface area contributed by atoms with Crippen LogP contribution in [-0.4, -0.2) is 21.1 Å². The summed E-state index contributed by atoms with van der Waals surface area (Å²) in [6.07, 6.45) is 1.40. The van der Waals surface area contributed by atoms with Crippen LogP contribution in [-0.2, 0) is 6.54 Å². The van der Waals surface area contributed by atoms with Crippen LogP contribution in [0.15, 0.2) is 41.3 Å². The third-order valence-corrected chi connectivity index (χ3v) is 3.94. The second kappa shape index (κ2) is 6.72. The molecule has 3 rings (SSSR count). The van der Waals surface area contributed by atoms with Gasteiger partial charge in [0.05, 0.1) is 17.5 Å². The van der Waals surface area contributed by atoms with Crippen molar-refractivity contribution in [2.45, 2.75) is 20.4 Å². The number of aromatic nitrogens is 3. The first-order chi connectivity index (χ1) is 12.0. The van der Waals surface area contributed by atoms with Crippen LogP contribution in [0.3, 0.4) is 0 Å². The summed E-state index contributed by atoms with van der Waals surface area (Å²) in [4.78, 5) is 27.2. The van der Waals surface area contributed by atoms with Crippen molar-refractivity contribution in [3.8, 4) is 11.3 Å². The molecular weight excluding hydrogens is 323 g/mol. The number of halogens is 1. The second-order valence-corrected chi connectivity index (χ2v) is 5.79. The summed E-state index contributed by atoms with van der Waals surface area (Å²) in [6, 6.07) is 7.60. The number of rotatable bonds is 4. The molecular formula is C18H17FN4O2. The molecule has 0 bridgehead atoms. The van der Waals surface area contributed by atoms with Gasteiger partial charge in [-0.2, -0.15) is 5.10 Å². The first kappa shape index (κ1) is 16.6. The van der Waals surface area contributed by atoms with Gasteiger partial charge in [0.2, 0.25) is 0 Å². The van der Waals surface area contributed by atoms with E-state index in [4.69, 9.17) is 0 Å². The number of hydrogen-bond donors (Lipinski definition) is 3. The Kier molecular flexibility index (Phi) is 4.47. The van der Waals surface area contributed by atoms with Gasteiger partial charge in [-0.1, -0.05) is 0 Å². The van der Waals surface area contributed by atoms with Crippen molar-refractivity contribution in [3.63, 3.8) is 0 Å². The Labute approximate surface area is 143 Å². The topological polar surface area (TPSA) is 90.6 Å². The lowest BCUT2D eigenvalue weighted by molar-refractivity contribution is 0.0951. The van der Waals surface area contributed by atoms with Gasteiger partial charge >= 0.3 is 0 Å². The van der Waals surface area contributed by atoms with Gasteiger partial charge in [-0.3, -0.25) is 14.7 Å². The first-order valence-electron chi connectivity index (χ1n) is 7.72. The van der Waals surface area contributed by atoms with E-state index in [0.29, 0.717) is 22.4 Å². The largest absolute Gasteiger partial charge is 0.348 e. The van der Waals surface area contributed by atoms with Crippen molar-refractivity contribution >= 4 is 5.91 Å². The molecule has 0 saturated carbocycles. The summed E-state index contributed by atoms with van der Waals surface area (Å²) in [5, 5.41) is 9.38. The highest BCUT2D eigenvalue weighted by atomic mass is 19.1. The monoisotopic (exact) mass is 340 g/mol. The SMILES string of the molecule is Cc1cc(C)c(CNC(=O)c2cn[nH]c2-c2ccc(F)cc2)c(=O)[nH]1. The molecule has 1 aromatic carbocycles. The van der Waals surface area contributed by atoms with Crippen molar-refractivity contribution in [1.82, 2.24) is 20.5 Å². The van der Waals surface area contributed by atoms with Crippen molar-refractivity contribution in [2.24, 2.45) is 0 Å². The van der Waals surface area contributed by atoms with E-state index in [9.17, 15) is 14.0 Å². The highest BCUT2D eigenvalue weighted by Crippen LogP contribution is 2.21. The van der Waals surface area contributed by atoms with Gasteiger partial charge < -0.3 is 10.3 Å². The Hall–Kier alpha value is -3.22. The van der Waals surface area contributed by atoms with Crippen LogP contribution in [0.25, 0.3) is 11.3 Å². The van der Waals surface area contributed by atoms with Crippen LogP contribution >= 0.6 is 0 Å². The third kappa shape index (κ3) is 3.50. The van der Waals surface area contributed by atoms with Gasteiger partial charge in [0.25, 0.3) is 11.5 Å². The number of amides is 1. The van der Waals surface area contributed by atoms with Crippen molar-refractivity contribution in [2.75, 3.05) is 0 Å². The van der Waals surface area contributed by atoms with E-state index in [1.54, 1.807) is 19.1 Å². The smallest absolute Gasteiger partial charge is 0.255 e. The molecule has 2 aromatic heterocycles. The molecule has 2 heterocycles. The number of aromatic amines is 2. The molecule has 3 N–H and O–H groups in total. The number of nitrogens with zero attached hydrogens (tertiary/aromatic N) is 1. The van der Waals surface area contributed by atoms with Gasteiger partial charge in [-0.25, -0.2) is 4.39 Å². The maximum Gasteiger partial charge on any atom is 0.255 e. The Bertz CT molecular complexity index is 973. The van der Waals surface area contributed by atoms with Crippen LogP contribution < -0.4 is 10.9 Å². The molecule has 0 aliphatic rings. The van der Waals surface area contributed by atoms with Crippen LogP contribution in [0, 0.1) is 19.7 Å². The molecule has 0 radical (unpaired) electrons. The molecule has 3 aromatic rings. The summed E-state index contributed by atoms with van der Waals surface area (Å²) in [5.41, 5.74) is 3.33. The van der Waals surface area contributed by atoms with E-state index in [1.165, 1.54) is 18.3 Å². The molecule has 0 fully saturated rings. The molecule has 25 heavy (non-hydrogen) atoms. The number of hydrogen-bond acceptors (Lipinski definition) is 3. The average molecular weight is 340 g/mol. The maximum atomic E-state index is 13.1. The Morgan fingerprint density at radius 3 is 2.64 bits per heavy atom. The third-order valence-electron chi connectivity index (χ3n) is 3.94. The lowest BCUT2D eigenvalue weighted by Gasteiger charge is -2.08. The number of carbonyl (C=O) groups excluding carboxylic acids is 1. The second-order valence-electron chi connectivity index (χ2n) is 5.79. The van der Waals surface area contributed by atoms with Gasteiger partial charge in [0, 0.05) is 23.4 Å². The van der Waals surface area contributed by atoms with E-state index >= 15 is 0 Å². The standard InChI is InChI=1S/C18H17FN4O2/c1-10-7-11(2)22-18(25)14(10)8-20-17(24)15-9-21-23-16(15)12-3-5-13(19)6-4-12/h3-7,9H,8H2,1-2H3,(H,20,24)(H,21,23)(H,22,25). The van der Waals surface area contributed by atoms with E-state index in [1.807, 2.05) is 13.0 Å². The predicted octanol–water partition coefficient (Wildman–Crippen LogP) is 2.45. The predicted molar refractivity (Wildman–Crippen MR) is 91.7 cm³/mol. The molecule has 1 amide bonds. The number of carbonyl (C=O) groups is 1. The van der Waals surface area contributed by atoms with E-state index in [2.05, 4.69) is 20.5 Å². The molecule has 0 atom stereocenters. The highest BCUT2D eigenvalue weighted by molar-refractivity contribution is 5.99. The minimum Gasteiger partial charge on any atom is -0.348 e. The van der Waals surface area contributed by atoms with Crippen molar-refractivity contribution in [1.29, 1.82) is 0 Å². The quantitative estimate of drug-likeness (QED) is 0.681. The molecule has 128 valence electrons. The molecule has 0 unspecified atom stereocenters.